The monoisotopic (exact) mass is 296 g/mol. The molecule has 4 amide bonds. The number of nitrogens with one attached hydrogen (secondary N) is 3. The van der Waals surface area contributed by atoms with E-state index in [1.165, 1.54) is 11.3 Å². The summed E-state index contributed by atoms with van der Waals surface area (Å²) in [6.07, 6.45) is 0.780. The maximum absolute atomic E-state index is 12.2. The molecule has 0 spiro atoms. The Bertz CT molecular complexity index is 597. The van der Waals surface area contributed by atoms with E-state index in [1.807, 2.05) is 0 Å². The lowest BCUT2D eigenvalue weighted by atomic mass is 9.93. The minimum Gasteiger partial charge on any atom is -0.465 e. The zero-order valence-corrected chi connectivity index (χ0v) is 11.1. The van der Waals surface area contributed by atoms with Crippen molar-refractivity contribution in [3.63, 3.8) is 0 Å². The quantitative estimate of drug-likeness (QED) is 0.596. The lowest BCUT2D eigenvalue weighted by molar-refractivity contribution is -0.124. The van der Waals surface area contributed by atoms with Crippen LogP contribution in [0.5, 0.6) is 0 Å². The molecule has 9 heteroatoms. The van der Waals surface area contributed by atoms with Crippen LogP contribution in [-0.2, 0) is 10.3 Å². The van der Waals surface area contributed by atoms with E-state index >= 15 is 0 Å². The summed E-state index contributed by atoms with van der Waals surface area (Å²) in [7, 11) is 0. The molecular formula is C11H12N4O4S. The molecule has 0 bridgehead atoms. The number of amides is 4. The predicted molar refractivity (Wildman–Crippen MR) is 68.5 cm³/mol. The molecule has 1 aromatic rings. The van der Waals surface area contributed by atoms with Gasteiger partial charge in [-0.1, -0.05) is 0 Å². The highest BCUT2D eigenvalue weighted by Crippen LogP contribution is 2.46. The Labute approximate surface area is 117 Å². The molecule has 1 aromatic heterocycles. The van der Waals surface area contributed by atoms with Crippen LogP contribution in [0.4, 0.5) is 9.59 Å². The van der Waals surface area contributed by atoms with Crippen LogP contribution in [0.2, 0.25) is 0 Å². The topological polar surface area (TPSA) is 120 Å². The molecule has 1 atom stereocenters. The van der Waals surface area contributed by atoms with Crippen molar-refractivity contribution in [3.8, 4) is 0 Å². The van der Waals surface area contributed by atoms with Crippen LogP contribution in [-0.4, -0.2) is 34.7 Å². The molecular weight excluding hydrogens is 284 g/mol. The molecule has 0 radical (unpaired) electrons. The normalized spacial score (nSPS) is 25.2. The van der Waals surface area contributed by atoms with Crippen LogP contribution in [0.3, 0.4) is 0 Å². The van der Waals surface area contributed by atoms with E-state index in [9.17, 15) is 14.4 Å². The van der Waals surface area contributed by atoms with Crippen LogP contribution < -0.4 is 16.0 Å². The minimum atomic E-state index is -1.45. The Hall–Kier alpha value is -2.16. The lowest BCUT2D eigenvalue weighted by Gasteiger charge is -2.25. The van der Waals surface area contributed by atoms with Gasteiger partial charge in [-0.3, -0.25) is 10.1 Å². The third-order valence-corrected chi connectivity index (χ3v) is 4.39. The molecule has 2 aliphatic rings. The number of nitrogens with zero attached hydrogens (tertiary/aromatic N) is 1. The van der Waals surface area contributed by atoms with Crippen molar-refractivity contribution in [2.45, 2.75) is 24.3 Å². The van der Waals surface area contributed by atoms with E-state index < -0.39 is 23.6 Å². The summed E-state index contributed by atoms with van der Waals surface area (Å²) in [6.45, 7) is -0.247. The van der Waals surface area contributed by atoms with Crippen molar-refractivity contribution < 1.29 is 19.5 Å². The second kappa shape index (κ2) is 4.44. The van der Waals surface area contributed by atoms with E-state index in [0.717, 1.165) is 17.7 Å². The molecule has 1 saturated carbocycles. The summed E-state index contributed by atoms with van der Waals surface area (Å²) < 4.78 is 0. The number of urea groups is 1. The predicted octanol–water partition coefficient (Wildman–Crippen LogP) is 0.323. The van der Waals surface area contributed by atoms with E-state index in [4.69, 9.17) is 5.11 Å². The second-order valence-electron chi connectivity index (χ2n) is 4.81. The number of hydrogen-bond acceptors (Lipinski definition) is 5. The average Bonchev–Trinajstić information content (AvgIpc) is 3.03. The van der Waals surface area contributed by atoms with Gasteiger partial charge in [0.25, 0.3) is 5.91 Å². The standard InChI is InChI=1S/C11H12N4O4S/c16-8-11(3-12-10(18)19,15-9(17)14-8)7-6(5-1-2-5)20-4-13-7/h4-5,12H,1-3H2,(H,18,19)(H2,14,15,16,17). The summed E-state index contributed by atoms with van der Waals surface area (Å²) in [4.78, 5) is 39.5. The number of carboxylic acid groups (broad SMARTS) is 1. The van der Waals surface area contributed by atoms with Gasteiger partial charge in [-0.25, -0.2) is 14.6 Å². The highest BCUT2D eigenvalue weighted by Gasteiger charge is 2.52. The molecule has 1 saturated heterocycles. The van der Waals surface area contributed by atoms with Crippen molar-refractivity contribution in [3.05, 3.63) is 16.1 Å². The van der Waals surface area contributed by atoms with Crippen LogP contribution in [0.15, 0.2) is 5.51 Å². The summed E-state index contributed by atoms with van der Waals surface area (Å²) >= 11 is 1.43. The van der Waals surface area contributed by atoms with Crippen molar-refractivity contribution >= 4 is 29.4 Å². The van der Waals surface area contributed by atoms with Gasteiger partial charge in [0.05, 0.1) is 17.7 Å². The third-order valence-electron chi connectivity index (χ3n) is 3.39. The van der Waals surface area contributed by atoms with Crippen LogP contribution >= 0.6 is 11.3 Å². The molecule has 3 rings (SSSR count). The average molecular weight is 296 g/mol. The second-order valence-corrected chi connectivity index (χ2v) is 5.70. The zero-order valence-electron chi connectivity index (χ0n) is 10.3. The maximum Gasteiger partial charge on any atom is 0.404 e. The number of carbonyl (C=O) groups is 3. The van der Waals surface area contributed by atoms with Gasteiger partial charge in [0.2, 0.25) is 0 Å². The number of carbonyl (C=O) groups excluding carboxylic acids is 2. The summed E-state index contributed by atoms with van der Waals surface area (Å²) in [5.74, 6) is -0.228. The molecule has 4 N–H and O–H groups in total. The van der Waals surface area contributed by atoms with E-state index in [0.29, 0.717) is 11.6 Å². The van der Waals surface area contributed by atoms with E-state index in [2.05, 4.69) is 20.9 Å². The Balaban J connectivity index is 2.00. The molecule has 8 nitrogen and oxygen atoms in total. The molecule has 0 aromatic carbocycles. The number of hydrogen-bond donors (Lipinski definition) is 4. The highest BCUT2D eigenvalue weighted by molar-refractivity contribution is 7.09. The molecule has 1 aliphatic carbocycles. The number of aromatic nitrogens is 1. The van der Waals surface area contributed by atoms with E-state index in [1.54, 1.807) is 5.51 Å². The van der Waals surface area contributed by atoms with Gasteiger partial charge in [-0.05, 0) is 18.8 Å². The molecule has 20 heavy (non-hydrogen) atoms. The van der Waals surface area contributed by atoms with Gasteiger partial charge < -0.3 is 15.7 Å². The third kappa shape index (κ3) is 1.99. The molecule has 1 aliphatic heterocycles. The molecule has 106 valence electrons. The minimum absolute atomic E-state index is 0.247. The Kier molecular flexibility index (Phi) is 2.85. The van der Waals surface area contributed by atoms with Gasteiger partial charge in [0.15, 0.2) is 5.54 Å². The summed E-state index contributed by atoms with van der Waals surface area (Å²) in [5.41, 5.74) is 0.610. The van der Waals surface area contributed by atoms with Gasteiger partial charge in [0, 0.05) is 4.88 Å². The first-order chi connectivity index (χ1) is 9.53. The highest BCUT2D eigenvalue weighted by atomic mass is 32.1. The smallest absolute Gasteiger partial charge is 0.404 e. The van der Waals surface area contributed by atoms with Crippen LogP contribution in [0.25, 0.3) is 0 Å². The van der Waals surface area contributed by atoms with Crippen molar-refractivity contribution in [1.82, 2.24) is 20.9 Å². The van der Waals surface area contributed by atoms with Crippen molar-refractivity contribution in [2.24, 2.45) is 0 Å². The number of imide groups is 1. The number of rotatable bonds is 4. The largest absolute Gasteiger partial charge is 0.465 e. The Morgan fingerprint density at radius 1 is 1.55 bits per heavy atom. The first-order valence-electron chi connectivity index (χ1n) is 6.07. The van der Waals surface area contributed by atoms with Crippen molar-refractivity contribution in [2.75, 3.05) is 6.54 Å². The maximum atomic E-state index is 12.2. The fourth-order valence-corrected chi connectivity index (χ4v) is 3.32. The molecule has 2 fully saturated rings. The van der Waals surface area contributed by atoms with Gasteiger partial charge in [0.1, 0.15) is 0 Å². The van der Waals surface area contributed by atoms with Crippen LogP contribution in [0, 0.1) is 0 Å². The first kappa shape index (κ1) is 12.9. The van der Waals surface area contributed by atoms with Crippen LogP contribution in [0.1, 0.15) is 29.3 Å². The van der Waals surface area contributed by atoms with E-state index in [-0.39, 0.29) is 6.54 Å². The van der Waals surface area contributed by atoms with Gasteiger partial charge in [-0.2, -0.15) is 0 Å². The molecule has 2 heterocycles. The van der Waals surface area contributed by atoms with Gasteiger partial charge >= 0.3 is 12.1 Å². The van der Waals surface area contributed by atoms with Gasteiger partial charge in [-0.15, -0.1) is 11.3 Å². The summed E-state index contributed by atoms with van der Waals surface area (Å²) in [6, 6.07) is -0.642. The first-order valence-corrected chi connectivity index (χ1v) is 6.95. The Morgan fingerprint density at radius 2 is 2.30 bits per heavy atom. The zero-order chi connectivity index (χ0) is 14.3. The summed E-state index contributed by atoms with van der Waals surface area (Å²) in [5, 5.41) is 15.6. The number of thiazole rings is 1. The lowest BCUT2D eigenvalue weighted by Crippen LogP contribution is -2.53. The Morgan fingerprint density at radius 3 is 2.85 bits per heavy atom. The van der Waals surface area contributed by atoms with Crippen molar-refractivity contribution in [1.29, 1.82) is 0 Å². The molecule has 1 unspecified atom stereocenters. The SMILES string of the molecule is O=C(O)NCC1(c2ncsc2C2CC2)NC(=O)NC1=O. The fraction of sp³-hybridized carbons (Fsp3) is 0.455. The fourth-order valence-electron chi connectivity index (χ4n) is 2.29.